The number of rotatable bonds is 3. The highest BCUT2D eigenvalue weighted by atomic mass is 16.1. The Morgan fingerprint density at radius 3 is 2.39 bits per heavy atom. The Balaban J connectivity index is 2.03. The van der Waals surface area contributed by atoms with Crippen LogP contribution < -0.4 is 5.69 Å². The number of benzene rings is 2. The molecule has 0 N–H and O–H groups in total. The molecule has 2 heterocycles. The summed E-state index contributed by atoms with van der Waals surface area (Å²) < 4.78 is 3.51. The van der Waals surface area contributed by atoms with Gasteiger partial charge in [0.2, 0.25) is 0 Å². The summed E-state index contributed by atoms with van der Waals surface area (Å²) in [4.78, 5) is 17.7. The van der Waals surface area contributed by atoms with E-state index < -0.39 is 0 Å². The Kier molecular flexibility index (Phi) is 4.37. The molecule has 0 saturated carbocycles. The molecule has 0 amide bonds. The average molecular weight is 374 g/mol. The Morgan fingerprint density at radius 1 is 1.04 bits per heavy atom. The third-order valence-corrected chi connectivity index (χ3v) is 5.48. The normalized spacial score (nSPS) is 12.2. The second-order valence-electron chi connectivity index (χ2n) is 8.57. The second-order valence-corrected chi connectivity index (χ2v) is 8.57. The molecule has 0 unspecified atom stereocenters. The maximum atomic E-state index is 13.1. The number of hydrogen-bond acceptors (Lipinski definition) is 2. The first-order valence-corrected chi connectivity index (χ1v) is 9.91. The lowest BCUT2D eigenvalue weighted by atomic mass is 9.87. The van der Waals surface area contributed by atoms with E-state index in [-0.39, 0.29) is 11.1 Å². The van der Waals surface area contributed by atoms with Crippen LogP contribution in [-0.2, 0) is 18.9 Å². The minimum atomic E-state index is -0.0475. The summed E-state index contributed by atoms with van der Waals surface area (Å²) in [5.74, 6) is 0. The molecule has 0 aliphatic carbocycles. The van der Waals surface area contributed by atoms with Crippen LogP contribution in [0.5, 0.6) is 0 Å². The van der Waals surface area contributed by atoms with E-state index in [0.29, 0.717) is 0 Å². The number of fused-ring (bicyclic) bond motifs is 3. The van der Waals surface area contributed by atoms with Crippen molar-refractivity contribution >= 4 is 21.9 Å². The highest BCUT2D eigenvalue weighted by Crippen LogP contribution is 2.28. The van der Waals surface area contributed by atoms with E-state index >= 15 is 0 Å². The van der Waals surface area contributed by atoms with Crippen LogP contribution in [0, 0.1) is 0 Å². The smallest absolute Gasteiger partial charge is 0.293 e. The van der Waals surface area contributed by atoms with Crippen LogP contribution in [0.3, 0.4) is 0 Å². The van der Waals surface area contributed by atoms with Crippen molar-refractivity contribution in [2.24, 2.45) is 7.05 Å². The van der Waals surface area contributed by atoms with E-state index in [0.717, 1.165) is 40.5 Å². The highest BCUT2D eigenvalue weighted by molar-refractivity contribution is 6.03. The lowest BCUT2D eigenvalue weighted by Gasteiger charge is -2.19. The minimum absolute atomic E-state index is 0.0475. The van der Waals surface area contributed by atoms with Crippen molar-refractivity contribution < 1.29 is 0 Å². The van der Waals surface area contributed by atoms with Gasteiger partial charge in [0.15, 0.2) is 0 Å². The maximum absolute atomic E-state index is 13.1. The van der Waals surface area contributed by atoms with Gasteiger partial charge in [-0.1, -0.05) is 52.3 Å². The molecule has 4 aromatic rings. The van der Waals surface area contributed by atoms with Gasteiger partial charge in [0.05, 0.1) is 28.4 Å². The Bertz CT molecular complexity index is 1220. The average Bonchev–Trinajstić information content (AvgIpc) is 2.93. The Morgan fingerprint density at radius 2 is 1.75 bits per heavy atom. The number of pyridine rings is 1. The highest BCUT2D eigenvalue weighted by Gasteiger charge is 2.18. The molecule has 4 rings (SSSR count). The summed E-state index contributed by atoms with van der Waals surface area (Å²) in [5, 5.41) is 1.03. The quantitative estimate of drug-likeness (QED) is 0.499. The topological polar surface area (TPSA) is 39.8 Å². The van der Waals surface area contributed by atoms with E-state index in [9.17, 15) is 4.79 Å². The van der Waals surface area contributed by atoms with Crippen molar-refractivity contribution in [2.45, 2.75) is 46.0 Å². The van der Waals surface area contributed by atoms with Crippen LogP contribution in [0.15, 0.2) is 53.5 Å². The van der Waals surface area contributed by atoms with E-state index in [4.69, 9.17) is 0 Å². The van der Waals surface area contributed by atoms with Crippen LogP contribution in [0.25, 0.3) is 27.6 Å². The van der Waals surface area contributed by atoms with Gasteiger partial charge in [-0.05, 0) is 47.2 Å². The predicted molar refractivity (Wildman–Crippen MR) is 117 cm³/mol. The first-order valence-electron chi connectivity index (χ1n) is 9.91. The number of aryl methyl sites for hydroxylation is 2. The lowest BCUT2D eigenvalue weighted by Crippen LogP contribution is -2.21. The van der Waals surface area contributed by atoms with E-state index in [1.54, 1.807) is 10.8 Å². The number of nitrogens with zero attached hydrogens (tertiary/aromatic N) is 3. The zero-order valence-electron chi connectivity index (χ0n) is 17.3. The van der Waals surface area contributed by atoms with Crippen molar-refractivity contribution in [1.29, 1.82) is 0 Å². The fourth-order valence-electron chi connectivity index (χ4n) is 3.84. The number of aromatic nitrogens is 3. The minimum Gasteiger partial charge on any atom is -0.293 e. The van der Waals surface area contributed by atoms with Gasteiger partial charge in [0, 0.05) is 12.4 Å². The molecule has 0 aliphatic rings. The molecule has 4 heteroatoms. The molecule has 0 atom stereocenters. The zero-order valence-corrected chi connectivity index (χ0v) is 17.3. The predicted octanol–water partition coefficient (Wildman–Crippen LogP) is 5.13. The van der Waals surface area contributed by atoms with Crippen LogP contribution in [0.1, 0.15) is 45.2 Å². The van der Waals surface area contributed by atoms with Gasteiger partial charge in [0.25, 0.3) is 0 Å². The monoisotopic (exact) mass is 373 g/mol. The van der Waals surface area contributed by atoms with E-state index in [1.165, 1.54) is 11.1 Å². The van der Waals surface area contributed by atoms with Crippen molar-refractivity contribution in [3.8, 4) is 5.69 Å². The van der Waals surface area contributed by atoms with E-state index in [2.05, 4.69) is 63.0 Å². The number of hydrogen-bond donors (Lipinski definition) is 0. The summed E-state index contributed by atoms with van der Waals surface area (Å²) in [7, 11) is 1.81. The van der Waals surface area contributed by atoms with Gasteiger partial charge in [-0.3, -0.25) is 14.1 Å². The summed E-state index contributed by atoms with van der Waals surface area (Å²) in [6.45, 7) is 8.76. The molecule has 2 aromatic heterocycles. The lowest BCUT2D eigenvalue weighted by molar-refractivity contribution is 0.590. The molecule has 0 aliphatic heterocycles. The third-order valence-electron chi connectivity index (χ3n) is 5.48. The fourth-order valence-corrected chi connectivity index (χ4v) is 3.84. The fraction of sp³-hybridized carbons (Fsp3) is 0.333. The third kappa shape index (κ3) is 2.93. The molecule has 0 radical (unpaired) electrons. The zero-order chi connectivity index (χ0) is 20.1. The van der Waals surface area contributed by atoms with Gasteiger partial charge in [-0.25, -0.2) is 4.79 Å². The van der Waals surface area contributed by atoms with Crippen molar-refractivity contribution in [1.82, 2.24) is 14.1 Å². The molecule has 0 saturated heterocycles. The maximum Gasteiger partial charge on any atom is 0.333 e. The molecule has 2 aromatic carbocycles. The molecule has 4 nitrogen and oxygen atoms in total. The van der Waals surface area contributed by atoms with E-state index in [1.807, 2.05) is 23.7 Å². The molecule has 0 fully saturated rings. The molecule has 28 heavy (non-hydrogen) atoms. The largest absolute Gasteiger partial charge is 0.333 e. The molecule has 0 bridgehead atoms. The summed E-state index contributed by atoms with van der Waals surface area (Å²) in [6, 6.07) is 14.7. The second kappa shape index (κ2) is 6.62. The Hall–Kier alpha value is -2.88. The van der Waals surface area contributed by atoms with Crippen molar-refractivity contribution in [2.75, 3.05) is 0 Å². The molecular weight excluding hydrogens is 346 g/mol. The van der Waals surface area contributed by atoms with Crippen LogP contribution in [-0.4, -0.2) is 14.1 Å². The van der Waals surface area contributed by atoms with Gasteiger partial charge in [-0.2, -0.15) is 0 Å². The van der Waals surface area contributed by atoms with Gasteiger partial charge >= 0.3 is 5.69 Å². The molecule has 144 valence electrons. The first-order chi connectivity index (χ1) is 13.3. The Labute approximate surface area is 165 Å². The van der Waals surface area contributed by atoms with Crippen molar-refractivity contribution in [3.63, 3.8) is 0 Å². The standard InChI is InChI=1S/C24H27N3O/c1-6-7-16-8-13-20-19(14-16)22-21(15-25-20)26(5)23(28)27(22)18-11-9-17(10-12-18)24(2,3)4/h8-15H,6-7H2,1-5H3. The summed E-state index contributed by atoms with van der Waals surface area (Å²) in [5.41, 5.74) is 6.14. The van der Waals surface area contributed by atoms with Crippen LogP contribution in [0.2, 0.25) is 0 Å². The SMILES string of the molecule is CCCc1ccc2ncc3c(c2c1)n(-c1ccc(C(C)(C)C)cc1)c(=O)n3C. The van der Waals surface area contributed by atoms with Gasteiger partial charge in [-0.15, -0.1) is 0 Å². The van der Waals surface area contributed by atoms with Gasteiger partial charge < -0.3 is 0 Å². The molecule has 0 spiro atoms. The molecular formula is C24H27N3O. The van der Waals surface area contributed by atoms with Crippen molar-refractivity contribution in [3.05, 3.63) is 70.3 Å². The van der Waals surface area contributed by atoms with Gasteiger partial charge in [0.1, 0.15) is 0 Å². The van der Waals surface area contributed by atoms with Crippen LogP contribution >= 0.6 is 0 Å². The summed E-state index contributed by atoms with van der Waals surface area (Å²) >= 11 is 0. The number of imidazole rings is 1. The van der Waals surface area contributed by atoms with Crippen LogP contribution in [0.4, 0.5) is 0 Å². The first kappa shape index (κ1) is 18.5. The summed E-state index contributed by atoms with van der Waals surface area (Å²) in [6.07, 6.45) is 3.91.